The molecule has 13 heavy (non-hydrogen) atoms. The molecule has 1 aromatic heterocycles. The third-order valence-corrected chi connectivity index (χ3v) is 2.94. The molecular formula is C10H18N2S. The summed E-state index contributed by atoms with van der Waals surface area (Å²) in [5, 5.41) is 0.684. The summed E-state index contributed by atoms with van der Waals surface area (Å²) in [7, 11) is 0. The van der Waals surface area contributed by atoms with E-state index < -0.39 is 0 Å². The molecular weight excluding hydrogens is 180 g/mol. The van der Waals surface area contributed by atoms with Crippen LogP contribution in [-0.4, -0.2) is 14.8 Å². The van der Waals surface area contributed by atoms with Crippen molar-refractivity contribution in [2.24, 2.45) is 0 Å². The Kier molecular flexibility index (Phi) is 3.85. The van der Waals surface area contributed by atoms with E-state index in [1.165, 1.54) is 5.69 Å². The minimum absolute atomic E-state index is 0.519. The molecule has 0 fully saturated rings. The monoisotopic (exact) mass is 198 g/mol. The van der Waals surface area contributed by atoms with Crippen molar-refractivity contribution in [2.45, 2.75) is 44.7 Å². The smallest absolute Gasteiger partial charge is 0.0952 e. The lowest BCUT2D eigenvalue weighted by Crippen LogP contribution is -1.95. The first-order valence-electron chi connectivity index (χ1n) is 4.73. The van der Waals surface area contributed by atoms with Gasteiger partial charge in [0.2, 0.25) is 0 Å². The van der Waals surface area contributed by atoms with E-state index in [9.17, 15) is 0 Å². The maximum absolute atomic E-state index is 4.35. The minimum atomic E-state index is 0.519. The van der Waals surface area contributed by atoms with Crippen LogP contribution in [-0.2, 0) is 5.75 Å². The van der Waals surface area contributed by atoms with E-state index >= 15 is 0 Å². The van der Waals surface area contributed by atoms with Gasteiger partial charge in [-0.3, -0.25) is 0 Å². The van der Waals surface area contributed by atoms with Crippen LogP contribution in [0.1, 0.15) is 39.4 Å². The van der Waals surface area contributed by atoms with Crippen molar-refractivity contribution >= 4 is 11.8 Å². The van der Waals surface area contributed by atoms with Gasteiger partial charge in [-0.05, 0) is 19.1 Å². The fourth-order valence-electron chi connectivity index (χ4n) is 0.989. The zero-order valence-electron chi connectivity index (χ0n) is 8.82. The fourth-order valence-corrected chi connectivity index (χ4v) is 1.64. The molecule has 0 aliphatic rings. The Bertz CT molecular complexity index is 253. The van der Waals surface area contributed by atoms with Gasteiger partial charge in [0.1, 0.15) is 0 Å². The van der Waals surface area contributed by atoms with Gasteiger partial charge in [-0.2, -0.15) is 11.8 Å². The largest absolute Gasteiger partial charge is 0.335 e. The van der Waals surface area contributed by atoms with Crippen LogP contribution in [0.15, 0.2) is 12.5 Å². The van der Waals surface area contributed by atoms with E-state index in [-0.39, 0.29) is 0 Å². The first kappa shape index (κ1) is 10.6. The summed E-state index contributed by atoms with van der Waals surface area (Å²) in [6.07, 6.45) is 4.06. The Labute approximate surface area is 84.7 Å². The Morgan fingerprint density at radius 2 is 2.08 bits per heavy atom. The van der Waals surface area contributed by atoms with Gasteiger partial charge in [0, 0.05) is 18.0 Å². The molecule has 0 atom stereocenters. The summed E-state index contributed by atoms with van der Waals surface area (Å²) in [6, 6.07) is 0.519. The molecule has 0 radical (unpaired) electrons. The van der Waals surface area contributed by atoms with Gasteiger partial charge in [-0.25, -0.2) is 4.98 Å². The molecule has 3 heteroatoms. The fraction of sp³-hybridized carbons (Fsp3) is 0.700. The van der Waals surface area contributed by atoms with Crippen LogP contribution in [0.5, 0.6) is 0 Å². The first-order valence-corrected chi connectivity index (χ1v) is 5.78. The molecule has 0 amide bonds. The highest BCUT2D eigenvalue weighted by molar-refractivity contribution is 7.99. The van der Waals surface area contributed by atoms with Crippen LogP contribution < -0.4 is 0 Å². The van der Waals surface area contributed by atoms with Crippen molar-refractivity contribution in [3.63, 3.8) is 0 Å². The number of hydrogen-bond donors (Lipinski definition) is 0. The highest BCUT2D eigenvalue weighted by Gasteiger charge is 2.02. The molecule has 0 saturated heterocycles. The molecule has 0 spiro atoms. The molecule has 0 bridgehead atoms. The summed E-state index contributed by atoms with van der Waals surface area (Å²) < 4.78 is 2.15. The van der Waals surface area contributed by atoms with Gasteiger partial charge in [0.25, 0.3) is 0 Å². The molecule has 0 aromatic carbocycles. The molecule has 0 aliphatic heterocycles. The average Bonchev–Trinajstić information content (AvgIpc) is 2.48. The normalized spacial score (nSPS) is 11.5. The topological polar surface area (TPSA) is 17.8 Å². The lowest BCUT2D eigenvalue weighted by molar-refractivity contribution is 0.599. The second kappa shape index (κ2) is 4.70. The van der Waals surface area contributed by atoms with E-state index in [2.05, 4.69) is 43.4 Å². The quantitative estimate of drug-likeness (QED) is 0.740. The van der Waals surface area contributed by atoms with Gasteiger partial charge in [-0.1, -0.05) is 13.8 Å². The van der Waals surface area contributed by atoms with Crippen LogP contribution >= 0.6 is 11.8 Å². The molecule has 1 aromatic rings. The predicted octanol–water partition coefficient (Wildman–Crippen LogP) is 3.11. The molecule has 0 N–H and O–H groups in total. The van der Waals surface area contributed by atoms with Crippen molar-refractivity contribution in [2.75, 3.05) is 0 Å². The van der Waals surface area contributed by atoms with Crippen LogP contribution in [0.2, 0.25) is 0 Å². The Balaban J connectivity index is 2.49. The third kappa shape index (κ3) is 3.43. The number of rotatable bonds is 4. The van der Waals surface area contributed by atoms with Gasteiger partial charge in [0.05, 0.1) is 12.0 Å². The van der Waals surface area contributed by atoms with E-state index in [1.54, 1.807) is 0 Å². The summed E-state index contributed by atoms with van der Waals surface area (Å²) in [4.78, 5) is 4.35. The molecule has 74 valence electrons. The van der Waals surface area contributed by atoms with Crippen LogP contribution in [0, 0.1) is 0 Å². The van der Waals surface area contributed by atoms with E-state index in [0.717, 1.165) is 5.75 Å². The third-order valence-electron chi connectivity index (χ3n) is 1.82. The molecule has 0 aliphatic carbocycles. The Hall–Kier alpha value is -0.440. The average molecular weight is 198 g/mol. The van der Waals surface area contributed by atoms with Crippen LogP contribution in [0.4, 0.5) is 0 Å². The summed E-state index contributed by atoms with van der Waals surface area (Å²) in [5.74, 6) is 1.03. The van der Waals surface area contributed by atoms with Crippen molar-refractivity contribution < 1.29 is 0 Å². The van der Waals surface area contributed by atoms with E-state index in [0.29, 0.717) is 11.3 Å². The van der Waals surface area contributed by atoms with Gasteiger partial charge in [-0.15, -0.1) is 0 Å². The van der Waals surface area contributed by atoms with Crippen LogP contribution in [0.3, 0.4) is 0 Å². The maximum atomic E-state index is 4.35. The molecule has 0 saturated carbocycles. The maximum Gasteiger partial charge on any atom is 0.0952 e. The number of aromatic nitrogens is 2. The van der Waals surface area contributed by atoms with Gasteiger partial charge >= 0.3 is 0 Å². The highest BCUT2D eigenvalue weighted by atomic mass is 32.2. The second-order valence-electron chi connectivity index (χ2n) is 3.77. The van der Waals surface area contributed by atoms with Gasteiger partial charge in [0.15, 0.2) is 0 Å². The SMILES string of the molecule is CC(C)SCc1cn(C(C)C)cn1. The summed E-state index contributed by atoms with van der Waals surface area (Å²) >= 11 is 1.93. The molecule has 0 unspecified atom stereocenters. The lowest BCUT2D eigenvalue weighted by Gasteiger charge is -2.04. The molecule has 1 heterocycles. The zero-order valence-corrected chi connectivity index (χ0v) is 9.64. The van der Waals surface area contributed by atoms with Crippen molar-refractivity contribution in [3.8, 4) is 0 Å². The number of nitrogens with zero attached hydrogens (tertiary/aromatic N) is 2. The van der Waals surface area contributed by atoms with Crippen molar-refractivity contribution in [3.05, 3.63) is 18.2 Å². The lowest BCUT2D eigenvalue weighted by atomic mass is 10.4. The summed E-state index contributed by atoms with van der Waals surface area (Å²) in [6.45, 7) is 8.76. The van der Waals surface area contributed by atoms with Crippen molar-refractivity contribution in [1.82, 2.24) is 9.55 Å². The Morgan fingerprint density at radius 1 is 1.38 bits per heavy atom. The minimum Gasteiger partial charge on any atom is -0.335 e. The van der Waals surface area contributed by atoms with E-state index in [1.807, 2.05) is 18.1 Å². The Morgan fingerprint density at radius 3 is 2.54 bits per heavy atom. The van der Waals surface area contributed by atoms with Gasteiger partial charge < -0.3 is 4.57 Å². The molecule has 1 rings (SSSR count). The van der Waals surface area contributed by atoms with Crippen molar-refractivity contribution in [1.29, 1.82) is 0 Å². The van der Waals surface area contributed by atoms with E-state index in [4.69, 9.17) is 0 Å². The first-order chi connectivity index (χ1) is 6.09. The zero-order chi connectivity index (χ0) is 9.84. The molecule has 2 nitrogen and oxygen atoms in total. The number of hydrogen-bond acceptors (Lipinski definition) is 2. The standard InChI is InChI=1S/C10H18N2S/c1-8(2)12-5-10(11-7-12)6-13-9(3)4/h5,7-9H,6H2,1-4H3. The number of thioether (sulfide) groups is 1. The predicted molar refractivity (Wildman–Crippen MR) is 59.0 cm³/mol. The second-order valence-corrected chi connectivity index (χ2v) is 5.33. The highest BCUT2D eigenvalue weighted by Crippen LogP contribution is 2.16. The summed E-state index contributed by atoms with van der Waals surface area (Å²) in [5.41, 5.74) is 1.19. The number of imidazole rings is 1. The van der Waals surface area contributed by atoms with Crippen LogP contribution in [0.25, 0.3) is 0 Å².